The number of hydrogen-bond acceptors (Lipinski definition) is 3. The standard InChI is InChI=1S/C13H22N2S/c1-4-11(3)9-15-13-8-12(6-7-14-13)10-16-5-2/h6-8,11H,4-5,9-10H2,1-3H3,(H,14,15). The molecule has 0 amide bonds. The zero-order chi connectivity index (χ0) is 11.8. The highest BCUT2D eigenvalue weighted by molar-refractivity contribution is 7.98. The molecule has 1 N–H and O–H groups in total. The van der Waals surface area contributed by atoms with E-state index in [1.165, 1.54) is 12.0 Å². The summed E-state index contributed by atoms with van der Waals surface area (Å²) in [5.41, 5.74) is 1.36. The summed E-state index contributed by atoms with van der Waals surface area (Å²) in [6.07, 6.45) is 3.10. The van der Waals surface area contributed by atoms with Gasteiger partial charge in [-0.1, -0.05) is 27.2 Å². The number of rotatable bonds is 7. The van der Waals surface area contributed by atoms with Crippen LogP contribution in [0.1, 0.15) is 32.8 Å². The van der Waals surface area contributed by atoms with Gasteiger partial charge in [0.25, 0.3) is 0 Å². The Hall–Kier alpha value is -0.700. The third kappa shape index (κ3) is 4.88. The average Bonchev–Trinajstić information content (AvgIpc) is 2.34. The van der Waals surface area contributed by atoms with E-state index in [4.69, 9.17) is 0 Å². The van der Waals surface area contributed by atoms with Crippen molar-refractivity contribution in [2.24, 2.45) is 5.92 Å². The molecule has 0 aromatic carbocycles. The van der Waals surface area contributed by atoms with Gasteiger partial charge in [0, 0.05) is 18.5 Å². The van der Waals surface area contributed by atoms with Crippen molar-refractivity contribution in [2.45, 2.75) is 32.9 Å². The Kier molecular flexibility index (Phi) is 6.31. The van der Waals surface area contributed by atoms with E-state index in [-0.39, 0.29) is 0 Å². The SMILES string of the molecule is CCSCc1ccnc(NCC(C)CC)c1. The molecule has 1 rings (SSSR count). The molecule has 2 nitrogen and oxygen atoms in total. The Morgan fingerprint density at radius 3 is 2.94 bits per heavy atom. The third-order valence-electron chi connectivity index (χ3n) is 2.63. The van der Waals surface area contributed by atoms with Crippen molar-refractivity contribution < 1.29 is 0 Å². The lowest BCUT2D eigenvalue weighted by Crippen LogP contribution is -2.11. The zero-order valence-electron chi connectivity index (χ0n) is 10.5. The quantitative estimate of drug-likeness (QED) is 0.782. The summed E-state index contributed by atoms with van der Waals surface area (Å²) in [6, 6.07) is 4.25. The van der Waals surface area contributed by atoms with Crippen molar-refractivity contribution in [3.05, 3.63) is 23.9 Å². The Morgan fingerprint density at radius 1 is 1.44 bits per heavy atom. The summed E-state index contributed by atoms with van der Waals surface area (Å²) < 4.78 is 0. The molecular formula is C13H22N2S. The van der Waals surface area contributed by atoms with Gasteiger partial charge < -0.3 is 5.32 Å². The van der Waals surface area contributed by atoms with Crippen molar-refractivity contribution in [3.63, 3.8) is 0 Å². The van der Waals surface area contributed by atoms with Gasteiger partial charge in [-0.05, 0) is 29.4 Å². The molecule has 3 heteroatoms. The van der Waals surface area contributed by atoms with Crippen molar-refractivity contribution in [1.29, 1.82) is 0 Å². The van der Waals surface area contributed by atoms with Crippen LogP contribution in [0.2, 0.25) is 0 Å². The van der Waals surface area contributed by atoms with E-state index in [1.54, 1.807) is 0 Å². The average molecular weight is 238 g/mol. The van der Waals surface area contributed by atoms with Crippen LogP contribution in [0.5, 0.6) is 0 Å². The van der Waals surface area contributed by atoms with Crippen LogP contribution in [0.15, 0.2) is 18.3 Å². The zero-order valence-corrected chi connectivity index (χ0v) is 11.3. The summed E-state index contributed by atoms with van der Waals surface area (Å²) in [6.45, 7) is 7.67. The monoisotopic (exact) mass is 238 g/mol. The fourth-order valence-corrected chi connectivity index (χ4v) is 1.92. The fraction of sp³-hybridized carbons (Fsp3) is 0.615. The van der Waals surface area contributed by atoms with E-state index < -0.39 is 0 Å². The van der Waals surface area contributed by atoms with Gasteiger partial charge in [0.15, 0.2) is 0 Å². The maximum Gasteiger partial charge on any atom is 0.126 e. The first-order valence-electron chi connectivity index (χ1n) is 6.02. The highest BCUT2D eigenvalue weighted by Crippen LogP contribution is 2.14. The largest absolute Gasteiger partial charge is 0.370 e. The molecule has 1 aromatic rings. The number of anilines is 1. The highest BCUT2D eigenvalue weighted by atomic mass is 32.2. The van der Waals surface area contributed by atoms with Gasteiger partial charge in [0.2, 0.25) is 0 Å². The topological polar surface area (TPSA) is 24.9 Å². The number of thioether (sulfide) groups is 1. The van der Waals surface area contributed by atoms with Gasteiger partial charge in [0.05, 0.1) is 0 Å². The van der Waals surface area contributed by atoms with E-state index >= 15 is 0 Å². The molecular weight excluding hydrogens is 216 g/mol. The molecule has 0 radical (unpaired) electrons. The first kappa shape index (κ1) is 13.4. The molecule has 0 aliphatic rings. The van der Waals surface area contributed by atoms with E-state index in [0.717, 1.165) is 23.9 Å². The van der Waals surface area contributed by atoms with Gasteiger partial charge in [-0.25, -0.2) is 4.98 Å². The minimum atomic E-state index is 0.704. The normalized spacial score (nSPS) is 12.4. The lowest BCUT2D eigenvalue weighted by Gasteiger charge is -2.11. The second kappa shape index (κ2) is 7.55. The van der Waals surface area contributed by atoms with E-state index in [2.05, 4.69) is 43.2 Å². The van der Waals surface area contributed by atoms with Gasteiger partial charge >= 0.3 is 0 Å². The second-order valence-corrected chi connectivity index (χ2v) is 5.36. The van der Waals surface area contributed by atoms with Crippen LogP contribution in [0.3, 0.4) is 0 Å². The molecule has 0 saturated carbocycles. The first-order chi connectivity index (χ1) is 7.76. The van der Waals surface area contributed by atoms with Crippen molar-refractivity contribution in [2.75, 3.05) is 17.6 Å². The lowest BCUT2D eigenvalue weighted by atomic mass is 10.1. The third-order valence-corrected chi connectivity index (χ3v) is 3.57. The summed E-state index contributed by atoms with van der Waals surface area (Å²) in [4.78, 5) is 4.33. The number of pyridine rings is 1. The summed E-state index contributed by atoms with van der Waals surface area (Å²) in [7, 11) is 0. The molecule has 1 heterocycles. The molecule has 1 atom stereocenters. The van der Waals surface area contributed by atoms with Crippen molar-refractivity contribution >= 4 is 17.6 Å². The number of nitrogens with one attached hydrogen (secondary N) is 1. The summed E-state index contributed by atoms with van der Waals surface area (Å²) >= 11 is 1.94. The predicted octanol–water partition coefficient (Wildman–Crippen LogP) is 3.79. The molecule has 0 fully saturated rings. The van der Waals surface area contributed by atoms with E-state index in [9.17, 15) is 0 Å². The Balaban J connectivity index is 2.46. The molecule has 0 bridgehead atoms. The Morgan fingerprint density at radius 2 is 2.25 bits per heavy atom. The van der Waals surface area contributed by atoms with Crippen LogP contribution in [0, 0.1) is 5.92 Å². The summed E-state index contributed by atoms with van der Waals surface area (Å²) in [5.74, 6) is 3.96. The van der Waals surface area contributed by atoms with Gasteiger partial charge in [-0.2, -0.15) is 11.8 Å². The second-order valence-electron chi connectivity index (χ2n) is 4.08. The van der Waals surface area contributed by atoms with Crippen LogP contribution >= 0.6 is 11.8 Å². The molecule has 16 heavy (non-hydrogen) atoms. The predicted molar refractivity (Wildman–Crippen MR) is 74.0 cm³/mol. The van der Waals surface area contributed by atoms with Crippen LogP contribution in [-0.4, -0.2) is 17.3 Å². The van der Waals surface area contributed by atoms with Crippen molar-refractivity contribution in [1.82, 2.24) is 4.98 Å². The minimum absolute atomic E-state index is 0.704. The highest BCUT2D eigenvalue weighted by Gasteiger charge is 2.00. The molecule has 0 aliphatic carbocycles. The van der Waals surface area contributed by atoms with Crippen LogP contribution in [-0.2, 0) is 5.75 Å². The van der Waals surface area contributed by atoms with Crippen LogP contribution < -0.4 is 5.32 Å². The molecule has 0 spiro atoms. The first-order valence-corrected chi connectivity index (χ1v) is 7.18. The lowest BCUT2D eigenvalue weighted by molar-refractivity contribution is 0.592. The van der Waals surface area contributed by atoms with Gasteiger partial charge in [0.1, 0.15) is 5.82 Å². The Bertz CT molecular complexity index is 302. The molecule has 1 unspecified atom stereocenters. The van der Waals surface area contributed by atoms with E-state index in [1.807, 2.05) is 18.0 Å². The minimum Gasteiger partial charge on any atom is -0.370 e. The van der Waals surface area contributed by atoms with Crippen LogP contribution in [0.25, 0.3) is 0 Å². The maximum absolute atomic E-state index is 4.33. The van der Waals surface area contributed by atoms with Gasteiger partial charge in [-0.15, -0.1) is 0 Å². The number of aromatic nitrogens is 1. The van der Waals surface area contributed by atoms with Crippen molar-refractivity contribution in [3.8, 4) is 0 Å². The molecule has 0 aliphatic heterocycles. The Labute approximate surface area is 103 Å². The molecule has 0 saturated heterocycles. The molecule has 1 aromatic heterocycles. The van der Waals surface area contributed by atoms with Gasteiger partial charge in [-0.3, -0.25) is 0 Å². The summed E-state index contributed by atoms with van der Waals surface area (Å²) in [5, 5.41) is 3.39. The number of nitrogens with zero attached hydrogens (tertiary/aromatic N) is 1. The fourth-order valence-electron chi connectivity index (χ4n) is 1.30. The smallest absolute Gasteiger partial charge is 0.126 e. The molecule has 90 valence electrons. The van der Waals surface area contributed by atoms with E-state index in [0.29, 0.717) is 5.92 Å². The maximum atomic E-state index is 4.33. The number of hydrogen-bond donors (Lipinski definition) is 1. The van der Waals surface area contributed by atoms with Crippen LogP contribution in [0.4, 0.5) is 5.82 Å².